The van der Waals surface area contributed by atoms with Crippen LogP contribution in [0.15, 0.2) is 39.6 Å². The van der Waals surface area contributed by atoms with E-state index in [1.807, 2.05) is 23.6 Å². The lowest BCUT2D eigenvalue weighted by Crippen LogP contribution is -2.25. The molecule has 2 aromatic heterocycles. The lowest BCUT2D eigenvalue weighted by molar-refractivity contribution is -0.137. The van der Waals surface area contributed by atoms with Crippen molar-refractivity contribution < 1.29 is 14.3 Å². The normalized spacial score (nSPS) is 11.1. The van der Waals surface area contributed by atoms with Gasteiger partial charge in [0.1, 0.15) is 4.83 Å². The maximum Gasteiger partial charge on any atom is 0.316 e. The van der Waals surface area contributed by atoms with Crippen LogP contribution in [0, 0.1) is 0 Å². The molecule has 0 bridgehead atoms. The smallest absolute Gasteiger partial charge is 0.316 e. The van der Waals surface area contributed by atoms with E-state index in [1.54, 1.807) is 13.2 Å². The minimum atomic E-state index is -0.379. The number of ether oxygens (including phenoxy) is 2. The molecule has 1 aromatic carbocycles. The van der Waals surface area contributed by atoms with Gasteiger partial charge in [0.15, 0.2) is 5.16 Å². The zero-order chi connectivity index (χ0) is 19.4. The van der Waals surface area contributed by atoms with Gasteiger partial charge in [0, 0.05) is 28.6 Å². The Morgan fingerprint density at radius 1 is 1.30 bits per heavy atom. The van der Waals surface area contributed by atoms with Gasteiger partial charge in [-0.3, -0.25) is 14.2 Å². The number of hydrogen-bond acceptors (Lipinski definition) is 7. The molecule has 2 heterocycles. The van der Waals surface area contributed by atoms with Crippen molar-refractivity contribution in [2.45, 2.75) is 11.7 Å². The molecule has 142 valence electrons. The zero-order valence-electron chi connectivity index (χ0n) is 14.7. The number of methoxy groups -OCH3 is 2. The number of nitrogens with zero attached hydrogens (tertiary/aromatic N) is 2. The molecule has 0 saturated carbocycles. The molecule has 0 radical (unpaired) electrons. The first-order valence-electron chi connectivity index (χ1n) is 8.02. The van der Waals surface area contributed by atoms with Crippen LogP contribution in [-0.2, 0) is 20.8 Å². The summed E-state index contributed by atoms with van der Waals surface area (Å²) < 4.78 is 11.3. The van der Waals surface area contributed by atoms with Gasteiger partial charge in [0.2, 0.25) is 0 Å². The molecule has 3 rings (SSSR count). The molecule has 6 nitrogen and oxygen atoms in total. The van der Waals surface area contributed by atoms with Gasteiger partial charge in [-0.2, -0.15) is 0 Å². The van der Waals surface area contributed by atoms with E-state index in [1.165, 1.54) is 34.8 Å². The predicted octanol–water partition coefficient (Wildman–Crippen LogP) is 3.69. The lowest BCUT2D eigenvalue weighted by Gasteiger charge is -2.12. The Hall–Kier alpha value is -1.87. The molecular formula is C18H17ClN2O4S2. The Morgan fingerprint density at radius 3 is 2.78 bits per heavy atom. The number of thioether (sulfide) groups is 1. The summed E-state index contributed by atoms with van der Waals surface area (Å²) in [6.07, 6.45) is 0. The van der Waals surface area contributed by atoms with Crippen molar-refractivity contribution in [1.29, 1.82) is 0 Å². The number of aromatic nitrogens is 2. The number of benzene rings is 1. The summed E-state index contributed by atoms with van der Waals surface area (Å²) >= 11 is 8.87. The maximum atomic E-state index is 13.2. The molecule has 0 fully saturated rings. The van der Waals surface area contributed by atoms with E-state index in [4.69, 9.17) is 16.3 Å². The third-order valence-corrected chi connectivity index (χ3v) is 6.04. The van der Waals surface area contributed by atoms with E-state index >= 15 is 0 Å². The fourth-order valence-electron chi connectivity index (χ4n) is 2.56. The van der Waals surface area contributed by atoms with Crippen molar-refractivity contribution in [2.24, 2.45) is 0 Å². The summed E-state index contributed by atoms with van der Waals surface area (Å²) in [6.45, 7) is 0.685. The number of hydrogen-bond donors (Lipinski definition) is 0. The molecule has 0 aliphatic carbocycles. The van der Waals surface area contributed by atoms with Crippen molar-refractivity contribution in [3.8, 4) is 11.1 Å². The number of carbonyl (C=O) groups is 1. The summed E-state index contributed by atoms with van der Waals surface area (Å²) in [6, 6.07) is 7.39. The van der Waals surface area contributed by atoms with Crippen LogP contribution in [0.25, 0.3) is 21.3 Å². The average Bonchev–Trinajstić information content (AvgIpc) is 3.09. The summed E-state index contributed by atoms with van der Waals surface area (Å²) in [4.78, 5) is 29.9. The molecule has 0 unspecified atom stereocenters. The number of carbonyl (C=O) groups excluding carboxylic acids is 1. The third kappa shape index (κ3) is 4.19. The van der Waals surface area contributed by atoms with Crippen molar-refractivity contribution in [3.63, 3.8) is 0 Å². The highest BCUT2D eigenvalue weighted by molar-refractivity contribution is 7.99. The second kappa shape index (κ2) is 8.88. The number of esters is 1. The minimum Gasteiger partial charge on any atom is -0.468 e. The van der Waals surface area contributed by atoms with Gasteiger partial charge >= 0.3 is 5.97 Å². The minimum absolute atomic E-state index is 0.0736. The number of fused-ring (bicyclic) bond motifs is 1. The molecule has 3 aromatic rings. The van der Waals surface area contributed by atoms with Crippen LogP contribution >= 0.6 is 34.7 Å². The van der Waals surface area contributed by atoms with E-state index in [0.717, 1.165) is 11.1 Å². The highest BCUT2D eigenvalue weighted by Gasteiger charge is 2.19. The van der Waals surface area contributed by atoms with Crippen LogP contribution in [0.5, 0.6) is 0 Å². The summed E-state index contributed by atoms with van der Waals surface area (Å²) in [5.74, 6) is -0.306. The number of halogens is 1. The summed E-state index contributed by atoms with van der Waals surface area (Å²) in [7, 11) is 2.89. The van der Waals surface area contributed by atoms with E-state index < -0.39 is 0 Å². The van der Waals surface area contributed by atoms with Gasteiger partial charge in [0.05, 0.1) is 31.4 Å². The van der Waals surface area contributed by atoms with E-state index in [2.05, 4.69) is 9.72 Å². The molecule has 0 saturated heterocycles. The zero-order valence-corrected chi connectivity index (χ0v) is 17.1. The Balaban J connectivity index is 2.15. The molecule has 0 aliphatic rings. The Bertz CT molecular complexity index is 1030. The first kappa shape index (κ1) is 19.9. The van der Waals surface area contributed by atoms with Gasteiger partial charge < -0.3 is 9.47 Å². The third-order valence-electron chi connectivity index (χ3n) is 3.89. The van der Waals surface area contributed by atoms with Crippen molar-refractivity contribution in [3.05, 3.63) is 45.0 Å². The fraction of sp³-hybridized carbons (Fsp3) is 0.278. The topological polar surface area (TPSA) is 70.4 Å². The Morgan fingerprint density at radius 2 is 2.07 bits per heavy atom. The van der Waals surface area contributed by atoms with Crippen LogP contribution in [0.3, 0.4) is 0 Å². The predicted molar refractivity (Wildman–Crippen MR) is 109 cm³/mol. The molecule has 9 heteroatoms. The van der Waals surface area contributed by atoms with Crippen LogP contribution in [-0.4, -0.2) is 42.1 Å². The van der Waals surface area contributed by atoms with Gasteiger partial charge in [-0.25, -0.2) is 4.98 Å². The van der Waals surface area contributed by atoms with Gasteiger partial charge in [0.25, 0.3) is 5.56 Å². The largest absolute Gasteiger partial charge is 0.468 e. The van der Waals surface area contributed by atoms with Gasteiger partial charge in [-0.1, -0.05) is 41.6 Å². The van der Waals surface area contributed by atoms with Crippen molar-refractivity contribution >= 4 is 50.9 Å². The molecular weight excluding hydrogens is 408 g/mol. The maximum absolute atomic E-state index is 13.2. The first-order valence-corrected chi connectivity index (χ1v) is 10.3. The Labute approximate surface area is 169 Å². The molecule has 27 heavy (non-hydrogen) atoms. The van der Waals surface area contributed by atoms with E-state index in [-0.39, 0.29) is 17.3 Å². The van der Waals surface area contributed by atoms with Crippen molar-refractivity contribution in [1.82, 2.24) is 9.55 Å². The fourth-order valence-corrected chi connectivity index (χ4v) is 4.63. The van der Waals surface area contributed by atoms with Gasteiger partial charge in [-0.05, 0) is 6.07 Å². The van der Waals surface area contributed by atoms with Crippen LogP contribution in [0.2, 0.25) is 5.02 Å². The second-order valence-electron chi connectivity index (χ2n) is 5.52. The number of thiophene rings is 1. The first-order chi connectivity index (χ1) is 13.1. The summed E-state index contributed by atoms with van der Waals surface area (Å²) in [5, 5.41) is 3.44. The SMILES string of the molecule is COCCn1c(SCC(=O)OC)nc2scc(-c3ccccc3Cl)c2c1=O. The van der Waals surface area contributed by atoms with Gasteiger partial charge in [-0.15, -0.1) is 11.3 Å². The highest BCUT2D eigenvalue weighted by Crippen LogP contribution is 2.35. The standard InChI is InChI=1S/C18H17ClN2O4S2/c1-24-8-7-21-17(23)15-12(11-5-3-4-6-13(11)19)9-26-16(15)20-18(21)27-10-14(22)25-2/h3-6,9H,7-8,10H2,1-2H3. The molecule has 0 atom stereocenters. The lowest BCUT2D eigenvalue weighted by atomic mass is 10.1. The molecule has 0 N–H and O–H groups in total. The highest BCUT2D eigenvalue weighted by atomic mass is 35.5. The van der Waals surface area contributed by atoms with Crippen LogP contribution in [0.4, 0.5) is 0 Å². The molecule has 0 aliphatic heterocycles. The van der Waals surface area contributed by atoms with Crippen LogP contribution < -0.4 is 5.56 Å². The number of rotatable bonds is 7. The van der Waals surface area contributed by atoms with Crippen LogP contribution in [0.1, 0.15) is 0 Å². The van der Waals surface area contributed by atoms with E-state index in [9.17, 15) is 9.59 Å². The Kier molecular flexibility index (Phi) is 6.54. The quantitative estimate of drug-likeness (QED) is 0.327. The summed E-state index contributed by atoms with van der Waals surface area (Å²) in [5.41, 5.74) is 1.37. The monoisotopic (exact) mass is 424 g/mol. The second-order valence-corrected chi connectivity index (χ2v) is 7.73. The average molecular weight is 425 g/mol. The van der Waals surface area contributed by atoms with Crippen molar-refractivity contribution in [2.75, 3.05) is 26.6 Å². The van der Waals surface area contributed by atoms with E-state index in [0.29, 0.717) is 33.5 Å². The molecule has 0 spiro atoms. The molecule has 0 amide bonds.